The van der Waals surface area contributed by atoms with E-state index in [1.807, 2.05) is 42.6 Å². The molecular formula is C29H27N3. The van der Waals surface area contributed by atoms with Crippen LogP contribution in [-0.4, -0.2) is 18.5 Å². The Morgan fingerprint density at radius 3 is 1.75 bits per heavy atom. The highest BCUT2D eigenvalue weighted by Crippen LogP contribution is 2.18. The first kappa shape index (κ1) is 21.3. The van der Waals surface area contributed by atoms with E-state index in [4.69, 9.17) is 0 Å². The van der Waals surface area contributed by atoms with Crippen LogP contribution in [0.5, 0.6) is 0 Å². The predicted octanol–water partition coefficient (Wildman–Crippen LogP) is 6.58. The molecule has 0 aliphatic heterocycles. The summed E-state index contributed by atoms with van der Waals surface area (Å²) in [6.45, 7) is 4.03. The molecule has 3 nitrogen and oxygen atoms in total. The van der Waals surface area contributed by atoms with E-state index in [-0.39, 0.29) is 0 Å². The van der Waals surface area contributed by atoms with Gasteiger partial charge in [-0.3, -0.25) is 0 Å². The van der Waals surface area contributed by atoms with Crippen LogP contribution in [0.1, 0.15) is 29.2 Å². The highest BCUT2D eigenvalue weighted by molar-refractivity contribution is 6.12. The topological polar surface area (TPSA) is 28.0 Å². The molecule has 0 N–H and O–H groups in total. The van der Waals surface area contributed by atoms with E-state index in [9.17, 15) is 0 Å². The Morgan fingerprint density at radius 1 is 0.688 bits per heavy atom. The van der Waals surface area contributed by atoms with Crippen molar-refractivity contribution in [2.24, 2.45) is 10.2 Å². The zero-order valence-corrected chi connectivity index (χ0v) is 18.3. The first-order valence-electron chi connectivity index (χ1n) is 10.9. The van der Waals surface area contributed by atoms with Gasteiger partial charge in [0.15, 0.2) is 0 Å². The molecular weight excluding hydrogens is 390 g/mol. The van der Waals surface area contributed by atoms with Gasteiger partial charge in [-0.2, -0.15) is 5.10 Å². The van der Waals surface area contributed by atoms with Crippen molar-refractivity contribution in [3.63, 3.8) is 0 Å². The number of rotatable bonds is 8. The minimum atomic E-state index is 0.860. The van der Waals surface area contributed by atoms with E-state index < -0.39 is 0 Å². The molecule has 158 valence electrons. The minimum Gasteiger partial charge on any atom is -0.367 e. The molecule has 4 rings (SSSR count). The molecule has 0 bridgehead atoms. The summed E-state index contributed by atoms with van der Waals surface area (Å²) in [5, 5.41) is 8.97. The molecule has 0 aliphatic rings. The van der Waals surface area contributed by atoms with Crippen molar-refractivity contribution in [3.8, 4) is 0 Å². The molecule has 3 heteroatoms. The minimum absolute atomic E-state index is 0.860. The molecule has 0 aromatic heterocycles. The van der Waals surface area contributed by atoms with Gasteiger partial charge in [0.1, 0.15) is 5.71 Å². The van der Waals surface area contributed by atoms with Gasteiger partial charge in [-0.05, 0) is 30.2 Å². The quantitative estimate of drug-likeness (QED) is 0.235. The first-order chi connectivity index (χ1) is 15.8. The van der Waals surface area contributed by atoms with Crippen molar-refractivity contribution in [1.82, 2.24) is 0 Å². The summed E-state index contributed by atoms with van der Waals surface area (Å²) in [5.74, 6) is 0. The Labute approximate surface area is 190 Å². The SMILES string of the molecule is CCN(Cc1ccccc1)c1ccc(/C=N\N=C(c2ccccc2)c2ccccc2)cc1. The Balaban J connectivity index is 1.51. The number of anilines is 1. The Hall–Kier alpha value is -3.98. The van der Waals surface area contributed by atoms with E-state index in [2.05, 4.69) is 101 Å². The summed E-state index contributed by atoms with van der Waals surface area (Å²) in [4.78, 5) is 2.36. The van der Waals surface area contributed by atoms with Crippen LogP contribution in [0, 0.1) is 0 Å². The molecule has 0 aliphatic carbocycles. The molecule has 0 heterocycles. The number of hydrogen-bond acceptors (Lipinski definition) is 3. The van der Waals surface area contributed by atoms with Crippen molar-refractivity contribution >= 4 is 17.6 Å². The van der Waals surface area contributed by atoms with Gasteiger partial charge in [-0.1, -0.05) is 103 Å². The van der Waals surface area contributed by atoms with Crippen LogP contribution in [0.3, 0.4) is 0 Å². The van der Waals surface area contributed by atoms with Crippen molar-refractivity contribution in [1.29, 1.82) is 0 Å². The fourth-order valence-electron chi connectivity index (χ4n) is 3.59. The van der Waals surface area contributed by atoms with Crippen molar-refractivity contribution < 1.29 is 0 Å². The number of benzene rings is 4. The van der Waals surface area contributed by atoms with Crippen molar-refractivity contribution in [2.45, 2.75) is 13.5 Å². The van der Waals surface area contributed by atoms with Crippen LogP contribution < -0.4 is 4.90 Å². The molecule has 4 aromatic carbocycles. The summed E-state index contributed by atoms with van der Waals surface area (Å²) in [6, 6.07) is 39.4. The summed E-state index contributed by atoms with van der Waals surface area (Å²) >= 11 is 0. The predicted molar refractivity (Wildman–Crippen MR) is 136 cm³/mol. The van der Waals surface area contributed by atoms with Crippen LogP contribution >= 0.6 is 0 Å². The fraction of sp³-hybridized carbons (Fsp3) is 0.103. The zero-order valence-electron chi connectivity index (χ0n) is 18.3. The van der Waals surface area contributed by atoms with Crippen molar-refractivity contribution in [2.75, 3.05) is 11.4 Å². The Bertz CT molecular complexity index is 1110. The maximum atomic E-state index is 4.56. The molecule has 0 fully saturated rings. The average molecular weight is 418 g/mol. The van der Waals surface area contributed by atoms with Crippen LogP contribution in [0.4, 0.5) is 5.69 Å². The van der Waals surface area contributed by atoms with E-state index in [0.29, 0.717) is 0 Å². The molecule has 0 spiro atoms. The summed E-state index contributed by atoms with van der Waals surface area (Å²) in [6.07, 6.45) is 1.81. The number of hydrogen-bond donors (Lipinski definition) is 0. The lowest BCUT2D eigenvalue weighted by atomic mass is 10.0. The average Bonchev–Trinajstić information content (AvgIpc) is 2.87. The molecule has 0 saturated heterocycles. The van der Waals surface area contributed by atoms with Crippen LogP contribution in [0.2, 0.25) is 0 Å². The van der Waals surface area contributed by atoms with Gasteiger partial charge in [0.05, 0.1) is 6.21 Å². The molecule has 32 heavy (non-hydrogen) atoms. The van der Waals surface area contributed by atoms with E-state index in [1.54, 1.807) is 0 Å². The smallest absolute Gasteiger partial charge is 0.100 e. The van der Waals surface area contributed by atoms with Crippen molar-refractivity contribution in [3.05, 3.63) is 138 Å². The molecule has 0 unspecified atom stereocenters. The Kier molecular flexibility index (Phi) is 7.22. The van der Waals surface area contributed by atoms with Gasteiger partial charge < -0.3 is 4.90 Å². The second-order valence-corrected chi connectivity index (χ2v) is 7.52. The highest BCUT2D eigenvalue weighted by Gasteiger charge is 2.07. The van der Waals surface area contributed by atoms with Gasteiger partial charge in [-0.25, -0.2) is 0 Å². The van der Waals surface area contributed by atoms with Gasteiger partial charge in [0.2, 0.25) is 0 Å². The molecule has 0 radical (unpaired) electrons. The maximum Gasteiger partial charge on any atom is 0.100 e. The van der Waals surface area contributed by atoms with Gasteiger partial charge >= 0.3 is 0 Å². The third-order valence-corrected chi connectivity index (χ3v) is 5.32. The standard InChI is InChI=1S/C29H27N3/c1-2-32(23-25-12-6-3-7-13-25)28-20-18-24(19-21-28)22-30-31-29(26-14-8-4-9-15-26)27-16-10-5-11-17-27/h3-22H,2,23H2,1H3/b30-22-. The zero-order chi connectivity index (χ0) is 22.0. The molecule has 0 saturated carbocycles. The van der Waals surface area contributed by atoms with E-state index >= 15 is 0 Å². The summed E-state index contributed by atoms with van der Waals surface area (Å²) in [7, 11) is 0. The summed E-state index contributed by atoms with van der Waals surface area (Å²) in [5.41, 5.74) is 6.49. The molecule has 0 atom stereocenters. The van der Waals surface area contributed by atoms with Crippen LogP contribution in [0.15, 0.2) is 125 Å². The normalized spacial score (nSPS) is 10.8. The Morgan fingerprint density at radius 2 is 1.22 bits per heavy atom. The third kappa shape index (κ3) is 5.58. The number of nitrogens with zero attached hydrogens (tertiary/aromatic N) is 3. The maximum absolute atomic E-state index is 4.56. The third-order valence-electron chi connectivity index (χ3n) is 5.32. The lowest BCUT2D eigenvalue weighted by Gasteiger charge is -2.23. The highest BCUT2D eigenvalue weighted by atomic mass is 15.2. The van der Waals surface area contributed by atoms with Gasteiger partial charge in [-0.15, -0.1) is 5.10 Å². The van der Waals surface area contributed by atoms with E-state index in [0.717, 1.165) is 35.5 Å². The van der Waals surface area contributed by atoms with Gasteiger partial charge in [0.25, 0.3) is 0 Å². The second kappa shape index (κ2) is 10.9. The fourth-order valence-corrected chi connectivity index (χ4v) is 3.59. The second-order valence-electron chi connectivity index (χ2n) is 7.52. The lowest BCUT2D eigenvalue weighted by Crippen LogP contribution is -2.21. The van der Waals surface area contributed by atoms with Crippen LogP contribution in [0.25, 0.3) is 0 Å². The van der Waals surface area contributed by atoms with E-state index in [1.165, 1.54) is 11.3 Å². The summed E-state index contributed by atoms with van der Waals surface area (Å²) < 4.78 is 0. The monoisotopic (exact) mass is 417 g/mol. The molecule has 4 aromatic rings. The van der Waals surface area contributed by atoms with Crippen LogP contribution in [-0.2, 0) is 6.54 Å². The largest absolute Gasteiger partial charge is 0.367 e. The first-order valence-corrected chi connectivity index (χ1v) is 10.9. The molecule has 0 amide bonds. The lowest BCUT2D eigenvalue weighted by molar-refractivity contribution is 0.832. The van der Waals surface area contributed by atoms with Gasteiger partial charge in [0, 0.05) is 29.9 Å².